The van der Waals surface area contributed by atoms with Gasteiger partial charge < -0.3 is 19.3 Å². The van der Waals surface area contributed by atoms with Gasteiger partial charge in [0, 0.05) is 25.2 Å². The third kappa shape index (κ3) is 3.11. The van der Waals surface area contributed by atoms with Crippen LogP contribution < -0.4 is 5.32 Å². The van der Waals surface area contributed by atoms with E-state index in [0.717, 1.165) is 13.1 Å². The van der Waals surface area contributed by atoms with Crippen LogP contribution in [0.2, 0.25) is 0 Å². The smallest absolute Gasteiger partial charge is 0.233 e. The lowest BCUT2D eigenvalue weighted by Crippen LogP contribution is -2.42. The Morgan fingerprint density at radius 3 is 2.95 bits per heavy atom. The predicted octanol–water partition coefficient (Wildman–Crippen LogP) is 0.553. The molecule has 1 aromatic rings. The van der Waals surface area contributed by atoms with Crippen molar-refractivity contribution in [3.05, 3.63) is 11.7 Å². The summed E-state index contributed by atoms with van der Waals surface area (Å²) in [6, 6.07) is 0.734. The van der Waals surface area contributed by atoms with E-state index in [1.165, 1.54) is 0 Å². The number of nitrogens with zero attached hydrogens (tertiary/aromatic N) is 3. The Morgan fingerprint density at radius 1 is 1.33 bits per heavy atom. The van der Waals surface area contributed by atoms with Gasteiger partial charge in [0.1, 0.15) is 6.10 Å². The summed E-state index contributed by atoms with van der Waals surface area (Å²) in [4.78, 5) is 6.93. The molecular formula is C14H24N4O3. The van der Waals surface area contributed by atoms with E-state index in [2.05, 4.69) is 34.2 Å². The summed E-state index contributed by atoms with van der Waals surface area (Å²) in [5.74, 6) is 1.42. The lowest BCUT2D eigenvalue weighted by molar-refractivity contribution is -0.0450. The molecule has 7 nitrogen and oxygen atoms in total. The van der Waals surface area contributed by atoms with Crippen LogP contribution in [-0.4, -0.2) is 67.1 Å². The molecule has 0 saturated carbocycles. The lowest BCUT2D eigenvalue weighted by Gasteiger charge is -2.34. The maximum Gasteiger partial charge on any atom is 0.233 e. The lowest BCUT2D eigenvalue weighted by atomic mass is 10.0. The molecule has 0 radical (unpaired) electrons. The van der Waals surface area contributed by atoms with Crippen LogP contribution in [0.25, 0.3) is 0 Å². The van der Waals surface area contributed by atoms with Gasteiger partial charge in [-0.1, -0.05) is 5.16 Å². The third-order valence-corrected chi connectivity index (χ3v) is 4.34. The molecule has 2 saturated heterocycles. The molecule has 0 aliphatic carbocycles. The zero-order chi connectivity index (χ0) is 14.8. The summed E-state index contributed by atoms with van der Waals surface area (Å²) >= 11 is 0. The second-order valence-corrected chi connectivity index (χ2v) is 5.98. The van der Waals surface area contributed by atoms with Crippen LogP contribution >= 0.6 is 0 Å². The van der Waals surface area contributed by atoms with E-state index in [0.29, 0.717) is 37.6 Å². The second-order valence-electron chi connectivity index (χ2n) is 5.98. The number of likely N-dealkylation sites (N-methyl/N-ethyl adjacent to an activating group) is 1. The Bertz CT molecular complexity index is 465. The first kappa shape index (κ1) is 14.9. The van der Waals surface area contributed by atoms with Gasteiger partial charge in [-0.25, -0.2) is 0 Å². The largest absolute Gasteiger partial charge is 0.379 e. The fourth-order valence-corrected chi connectivity index (χ4v) is 2.91. The summed E-state index contributed by atoms with van der Waals surface area (Å²) in [5, 5.41) is 7.36. The monoisotopic (exact) mass is 296 g/mol. The van der Waals surface area contributed by atoms with Crippen molar-refractivity contribution < 1.29 is 14.0 Å². The van der Waals surface area contributed by atoms with Gasteiger partial charge in [-0.2, -0.15) is 4.98 Å². The number of hydrogen-bond donors (Lipinski definition) is 1. The number of aromatic nitrogens is 2. The van der Waals surface area contributed by atoms with Gasteiger partial charge in [0.15, 0.2) is 0 Å². The number of rotatable bonds is 4. The minimum Gasteiger partial charge on any atom is -0.379 e. The SMILES string of the molecule is CNC1COCC1c1nc(C2CN(C(C)C)CCO2)no1. The quantitative estimate of drug-likeness (QED) is 0.870. The van der Waals surface area contributed by atoms with Crippen LogP contribution in [0.15, 0.2) is 4.52 Å². The van der Waals surface area contributed by atoms with Crippen LogP contribution in [-0.2, 0) is 9.47 Å². The zero-order valence-electron chi connectivity index (χ0n) is 12.9. The van der Waals surface area contributed by atoms with Gasteiger partial charge in [-0.15, -0.1) is 0 Å². The molecule has 3 heterocycles. The first-order valence-electron chi connectivity index (χ1n) is 7.63. The van der Waals surface area contributed by atoms with Gasteiger partial charge in [0.2, 0.25) is 11.7 Å². The first-order chi connectivity index (χ1) is 10.2. The van der Waals surface area contributed by atoms with Crippen LogP contribution in [0, 0.1) is 0 Å². The molecular weight excluding hydrogens is 272 g/mol. The van der Waals surface area contributed by atoms with Crippen molar-refractivity contribution in [3.63, 3.8) is 0 Å². The number of morpholine rings is 1. The highest BCUT2D eigenvalue weighted by Crippen LogP contribution is 2.27. The minimum atomic E-state index is -0.103. The van der Waals surface area contributed by atoms with Crippen molar-refractivity contribution >= 4 is 0 Å². The van der Waals surface area contributed by atoms with Gasteiger partial charge in [-0.05, 0) is 20.9 Å². The Kier molecular flexibility index (Phi) is 4.54. The fourth-order valence-electron chi connectivity index (χ4n) is 2.91. The molecule has 0 aromatic carbocycles. The van der Waals surface area contributed by atoms with Gasteiger partial charge in [0.05, 0.1) is 25.7 Å². The zero-order valence-corrected chi connectivity index (χ0v) is 12.9. The van der Waals surface area contributed by atoms with Crippen molar-refractivity contribution in [1.29, 1.82) is 0 Å². The second kappa shape index (κ2) is 6.39. The standard InChI is InChI=1S/C14H24N4O3/c1-9(2)18-4-5-20-12(6-18)13-16-14(21-17-13)10-7-19-8-11(10)15-3/h9-12,15H,4-8H2,1-3H3. The van der Waals surface area contributed by atoms with Crippen LogP contribution in [0.5, 0.6) is 0 Å². The molecule has 2 aliphatic rings. The van der Waals surface area contributed by atoms with E-state index >= 15 is 0 Å². The highest BCUT2D eigenvalue weighted by molar-refractivity contribution is 5.04. The van der Waals surface area contributed by atoms with Crippen molar-refractivity contribution in [1.82, 2.24) is 20.4 Å². The fraction of sp³-hybridized carbons (Fsp3) is 0.857. The van der Waals surface area contributed by atoms with E-state index in [1.54, 1.807) is 0 Å². The normalized spacial score (nSPS) is 31.1. The highest BCUT2D eigenvalue weighted by atomic mass is 16.5. The maximum absolute atomic E-state index is 5.80. The van der Waals surface area contributed by atoms with E-state index in [4.69, 9.17) is 14.0 Å². The molecule has 2 aliphatic heterocycles. The summed E-state index contributed by atoms with van der Waals surface area (Å²) < 4.78 is 16.7. The highest BCUT2D eigenvalue weighted by Gasteiger charge is 2.34. The molecule has 0 bridgehead atoms. The van der Waals surface area contributed by atoms with Crippen molar-refractivity contribution in [2.75, 3.05) is 40.0 Å². The number of nitrogens with one attached hydrogen (secondary N) is 1. The first-order valence-corrected chi connectivity index (χ1v) is 7.63. The molecule has 3 unspecified atom stereocenters. The Hall–Kier alpha value is -1.02. The summed E-state index contributed by atoms with van der Waals surface area (Å²) in [5.41, 5.74) is 0. The van der Waals surface area contributed by atoms with Crippen LogP contribution in [0.1, 0.15) is 37.6 Å². The van der Waals surface area contributed by atoms with Gasteiger partial charge in [0.25, 0.3) is 0 Å². The molecule has 2 fully saturated rings. The topological polar surface area (TPSA) is 72.7 Å². The molecule has 3 rings (SSSR count). The Labute approximate surface area is 125 Å². The molecule has 118 valence electrons. The Balaban J connectivity index is 1.69. The van der Waals surface area contributed by atoms with Crippen LogP contribution in [0.3, 0.4) is 0 Å². The summed E-state index contributed by atoms with van der Waals surface area (Å²) in [6.45, 7) is 8.16. The molecule has 1 N–H and O–H groups in total. The third-order valence-electron chi connectivity index (χ3n) is 4.34. The average Bonchev–Trinajstić information content (AvgIpc) is 3.15. The van der Waals surface area contributed by atoms with Crippen molar-refractivity contribution in [2.24, 2.45) is 0 Å². The Morgan fingerprint density at radius 2 is 2.19 bits per heavy atom. The molecule has 1 aromatic heterocycles. The molecule has 7 heteroatoms. The van der Waals surface area contributed by atoms with Crippen molar-refractivity contribution in [2.45, 2.75) is 38.0 Å². The van der Waals surface area contributed by atoms with E-state index in [9.17, 15) is 0 Å². The van der Waals surface area contributed by atoms with Crippen LogP contribution in [0.4, 0.5) is 0 Å². The van der Waals surface area contributed by atoms with Crippen molar-refractivity contribution in [3.8, 4) is 0 Å². The van der Waals surface area contributed by atoms with E-state index < -0.39 is 0 Å². The van der Waals surface area contributed by atoms with E-state index in [-0.39, 0.29) is 18.1 Å². The molecule has 3 atom stereocenters. The predicted molar refractivity (Wildman–Crippen MR) is 76.1 cm³/mol. The molecule has 0 spiro atoms. The van der Waals surface area contributed by atoms with Gasteiger partial charge >= 0.3 is 0 Å². The molecule has 0 amide bonds. The summed E-state index contributed by atoms with van der Waals surface area (Å²) in [6.07, 6.45) is -0.103. The minimum absolute atomic E-state index is 0.103. The average molecular weight is 296 g/mol. The summed E-state index contributed by atoms with van der Waals surface area (Å²) in [7, 11) is 1.92. The van der Waals surface area contributed by atoms with Gasteiger partial charge in [-0.3, -0.25) is 4.90 Å². The van der Waals surface area contributed by atoms with E-state index in [1.807, 2.05) is 7.05 Å². The molecule has 21 heavy (non-hydrogen) atoms. The number of hydrogen-bond acceptors (Lipinski definition) is 7. The maximum atomic E-state index is 5.80. The number of ether oxygens (including phenoxy) is 2.